The van der Waals surface area contributed by atoms with Crippen LogP contribution >= 0.6 is 11.3 Å². The van der Waals surface area contributed by atoms with E-state index < -0.39 is 0 Å². The molecule has 1 nitrogen and oxygen atoms in total. The van der Waals surface area contributed by atoms with Crippen LogP contribution in [0.15, 0.2) is 11.4 Å². The van der Waals surface area contributed by atoms with Crippen molar-refractivity contribution in [1.29, 1.82) is 0 Å². The quantitative estimate of drug-likeness (QED) is 0.767. The monoisotopic (exact) mass is 225 g/mol. The summed E-state index contributed by atoms with van der Waals surface area (Å²) in [6.45, 7) is 10.0. The van der Waals surface area contributed by atoms with Crippen LogP contribution in [0.2, 0.25) is 0 Å². The lowest BCUT2D eigenvalue weighted by Gasteiger charge is -2.20. The van der Waals surface area contributed by atoms with E-state index in [1.54, 1.807) is 0 Å². The number of aryl methyl sites for hydroxylation is 1. The number of nitrogens with one attached hydrogen (secondary N) is 1. The van der Waals surface area contributed by atoms with E-state index in [4.69, 9.17) is 0 Å². The highest BCUT2D eigenvalue weighted by Gasteiger charge is 2.14. The van der Waals surface area contributed by atoms with Gasteiger partial charge in [-0.1, -0.05) is 27.2 Å². The number of hydrogen-bond donors (Lipinski definition) is 1. The molecule has 0 aliphatic carbocycles. The summed E-state index contributed by atoms with van der Waals surface area (Å²) in [5.41, 5.74) is 1.47. The first-order chi connectivity index (χ1) is 7.17. The van der Waals surface area contributed by atoms with Gasteiger partial charge in [0, 0.05) is 10.9 Å². The van der Waals surface area contributed by atoms with Crippen LogP contribution in [-0.4, -0.2) is 6.54 Å². The van der Waals surface area contributed by atoms with Gasteiger partial charge < -0.3 is 5.32 Å². The van der Waals surface area contributed by atoms with Crippen molar-refractivity contribution in [3.05, 3.63) is 21.9 Å². The number of thiophene rings is 1. The standard InChI is InChI=1S/C13H23NS/c1-5-10(3)7-13(14-6-2)12-8-11(4)15-9-12/h8-10,13-14H,5-7H2,1-4H3. The predicted octanol–water partition coefficient (Wildman–Crippen LogP) is 4.14. The summed E-state index contributed by atoms with van der Waals surface area (Å²) < 4.78 is 0. The SMILES string of the molecule is CCNC(CC(C)CC)c1csc(C)c1. The third kappa shape index (κ3) is 3.96. The minimum Gasteiger partial charge on any atom is -0.310 e. The summed E-state index contributed by atoms with van der Waals surface area (Å²) in [5, 5.41) is 5.88. The lowest BCUT2D eigenvalue weighted by molar-refractivity contribution is 0.409. The molecule has 0 radical (unpaired) electrons. The van der Waals surface area contributed by atoms with E-state index in [2.05, 4.69) is 44.5 Å². The summed E-state index contributed by atoms with van der Waals surface area (Å²) in [6, 6.07) is 2.87. The zero-order valence-electron chi connectivity index (χ0n) is 10.3. The summed E-state index contributed by atoms with van der Waals surface area (Å²) in [7, 11) is 0. The Kier molecular flexibility index (Phi) is 5.34. The van der Waals surface area contributed by atoms with Crippen molar-refractivity contribution in [2.45, 2.75) is 46.6 Å². The second-order valence-electron chi connectivity index (χ2n) is 4.35. The molecule has 0 bridgehead atoms. The average molecular weight is 225 g/mol. The smallest absolute Gasteiger partial charge is 0.0331 e. The minimum absolute atomic E-state index is 0.551. The van der Waals surface area contributed by atoms with E-state index in [9.17, 15) is 0 Å². The van der Waals surface area contributed by atoms with Gasteiger partial charge >= 0.3 is 0 Å². The van der Waals surface area contributed by atoms with Gasteiger partial charge in [0.05, 0.1) is 0 Å². The maximum Gasteiger partial charge on any atom is 0.0331 e. The Morgan fingerprint density at radius 3 is 2.60 bits per heavy atom. The predicted molar refractivity (Wildman–Crippen MR) is 69.5 cm³/mol. The van der Waals surface area contributed by atoms with Crippen molar-refractivity contribution >= 4 is 11.3 Å². The molecule has 0 saturated heterocycles. The molecule has 0 aromatic carbocycles. The van der Waals surface area contributed by atoms with Gasteiger partial charge in [-0.25, -0.2) is 0 Å². The first-order valence-corrected chi connectivity index (χ1v) is 6.83. The molecule has 2 heteroatoms. The Labute approximate surface area is 97.9 Å². The molecule has 86 valence electrons. The molecule has 2 unspecified atom stereocenters. The fraction of sp³-hybridized carbons (Fsp3) is 0.692. The van der Waals surface area contributed by atoms with Gasteiger partial charge in [-0.2, -0.15) is 0 Å². The van der Waals surface area contributed by atoms with E-state index in [0.717, 1.165) is 12.5 Å². The normalized spacial score (nSPS) is 15.2. The third-order valence-corrected chi connectivity index (χ3v) is 3.82. The lowest BCUT2D eigenvalue weighted by Crippen LogP contribution is -2.22. The van der Waals surface area contributed by atoms with Crippen LogP contribution in [0.4, 0.5) is 0 Å². The molecule has 1 aromatic heterocycles. The van der Waals surface area contributed by atoms with Crippen molar-refractivity contribution in [3.8, 4) is 0 Å². The van der Waals surface area contributed by atoms with E-state index in [0.29, 0.717) is 6.04 Å². The second-order valence-corrected chi connectivity index (χ2v) is 5.47. The molecule has 1 N–H and O–H groups in total. The molecule has 0 aliphatic rings. The Morgan fingerprint density at radius 2 is 2.13 bits per heavy atom. The molecular formula is C13H23NS. The average Bonchev–Trinajstić information content (AvgIpc) is 2.64. The first kappa shape index (κ1) is 12.7. The highest BCUT2D eigenvalue weighted by molar-refractivity contribution is 7.10. The first-order valence-electron chi connectivity index (χ1n) is 5.95. The van der Waals surface area contributed by atoms with Crippen molar-refractivity contribution < 1.29 is 0 Å². The molecule has 0 aliphatic heterocycles. The Balaban J connectivity index is 2.65. The molecule has 15 heavy (non-hydrogen) atoms. The number of rotatable bonds is 6. The van der Waals surface area contributed by atoms with Crippen LogP contribution in [0.5, 0.6) is 0 Å². The van der Waals surface area contributed by atoms with Gasteiger partial charge in [-0.3, -0.25) is 0 Å². The fourth-order valence-electron chi connectivity index (χ4n) is 1.80. The van der Waals surface area contributed by atoms with Crippen molar-refractivity contribution in [1.82, 2.24) is 5.32 Å². The largest absolute Gasteiger partial charge is 0.310 e. The molecular weight excluding hydrogens is 202 g/mol. The van der Waals surface area contributed by atoms with Gasteiger partial charge in [-0.05, 0) is 42.8 Å². The third-order valence-electron chi connectivity index (χ3n) is 2.94. The second kappa shape index (κ2) is 6.29. The Bertz CT molecular complexity index is 280. The molecule has 0 saturated carbocycles. The van der Waals surface area contributed by atoms with Gasteiger partial charge in [0.25, 0.3) is 0 Å². The summed E-state index contributed by atoms with van der Waals surface area (Å²) >= 11 is 1.85. The van der Waals surface area contributed by atoms with Crippen molar-refractivity contribution in [3.63, 3.8) is 0 Å². The van der Waals surface area contributed by atoms with E-state index in [1.807, 2.05) is 11.3 Å². The molecule has 1 heterocycles. The lowest BCUT2D eigenvalue weighted by atomic mass is 9.95. The maximum atomic E-state index is 3.58. The van der Waals surface area contributed by atoms with E-state index in [-0.39, 0.29) is 0 Å². The van der Waals surface area contributed by atoms with Crippen LogP contribution < -0.4 is 5.32 Å². The highest BCUT2D eigenvalue weighted by Crippen LogP contribution is 2.26. The minimum atomic E-state index is 0.551. The van der Waals surface area contributed by atoms with Crippen LogP contribution in [0.3, 0.4) is 0 Å². The zero-order valence-corrected chi connectivity index (χ0v) is 11.2. The van der Waals surface area contributed by atoms with Crippen molar-refractivity contribution in [2.24, 2.45) is 5.92 Å². The Hall–Kier alpha value is -0.340. The summed E-state index contributed by atoms with van der Waals surface area (Å²) in [5.74, 6) is 0.800. The molecule has 0 spiro atoms. The highest BCUT2D eigenvalue weighted by atomic mass is 32.1. The van der Waals surface area contributed by atoms with Crippen LogP contribution in [0.25, 0.3) is 0 Å². The van der Waals surface area contributed by atoms with Gasteiger partial charge in [0.15, 0.2) is 0 Å². The molecule has 0 fully saturated rings. The number of hydrogen-bond acceptors (Lipinski definition) is 2. The maximum absolute atomic E-state index is 3.58. The fourth-order valence-corrected chi connectivity index (χ4v) is 2.56. The Morgan fingerprint density at radius 1 is 1.40 bits per heavy atom. The van der Waals surface area contributed by atoms with Gasteiger partial charge in [0.2, 0.25) is 0 Å². The molecule has 1 rings (SSSR count). The van der Waals surface area contributed by atoms with Crippen LogP contribution in [0, 0.1) is 12.8 Å². The molecule has 1 aromatic rings. The van der Waals surface area contributed by atoms with Gasteiger partial charge in [0.1, 0.15) is 0 Å². The van der Waals surface area contributed by atoms with E-state index >= 15 is 0 Å². The van der Waals surface area contributed by atoms with E-state index in [1.165, 1.54) is 23.3 Å². The topological polar surface area (TPSA) is 12.0 Å². The molecule has 0 amide bonds. The summed E-state index contributed by atoms with van der Waals surface area (Å²) in [6.07, 6.45) is 2.52. The van der Waals surface area contributed by atoms with Crippen LogP contribution in [0.1, 0.15) is 50.1 Å². The van der Waals surface area contributed by atoms with Gasteiger partial charge in [-0.15, -0.1) is 11.3 Å². The zero-order chi connectivity index (χ0) is 11.3. The van der Waals surface area contributed by atoms with Crippen LogP contribution in [-0.2, 0) is 0 Å². The van der Waals surface area contributed by atoms with Crippen molar-refractivity contribution in [2.75, 3.05) is 6.54 Å². The summed E-state index contributed by atoms with van der Waals surface area (Å²) in [4.78, 5) is 1.41. The molecule has 2 atom stereocenters.